The Morgan fingerprint density at radius 2 is 1.71 bits per heavy atom. The molecule has 3 nitrogen and oxygen atoms in total. The zero-order chi connectivity index (χ0) is 15.7. The molecule has 0 heterocycles. The molecule has 1 aromatic rings. The van der Waals surface area contributed by atoms with E-state index in [4.69, 9.17) is 5.73 Å². The fourth-order valence-corrected chi connectivity index (χ4v) is 2.28. The molecule has 1 rings (SSSR count). The van der Waals surface area contributed by atoms with E-state index in [1.165, 1.54) is 31.4 Å². The first kappa shape index (κ1) is 17.7. The van der Waals surface area contributed by atoms with E-state index in [0.717, 1.165) is 31.0 Å². The Morgan fingerprint density at radius 3 is 2.24 bits per heavy atom. The number of unbranched alkanes of at least 4 members (excludes halogenated alkanes) is 2. The summed E-state index contributed by atoms with van der Waals surface area (Å²) in [7, 11) is 0. The summed E-state index contributed by atoms with van der Waals surface area (Å²) in [5.74, 6) is 0.615. The van der Waals surface area contributed by atoms with Crippen molar-refractivity contribution in [3.05, 3.63) is 18.2 Å². The quantitative estimate of drug-likeness (QED) is 0.612. The predicted molar refractivity (Wildman–Crippen MR) is 96.2 cm³/mol. The van der Waals surface area contributed by atoms with Gasteiger partial charge in [-0.2, -0.15) is 0 Å². The number of rotatable bonds is 10. The Hall–Kier alpha value is -1.38. The summed E-state index contributed by atoms with van der Waals surface area (Å²) in [5.41, 5.74) is 9.29. The maximum Gasteiger partial charge on any atom is 0.0594 e. The number of nitrogens with one attached hydrogen (secondary N) is 1. The molecule has 1 aromatic carbocycles. The highest BCUT2D eigenvalue weighted by molar-refractivity contribution is 5.72. The molecule has 0 atom stereocenters. The van der Waals surface area contributed by atoms with Crippen LogP contribution in [0, 0.1) is 5.92 Å². The molecule has 0 aliphatic carbocycles. The molecule has 0 spiro atoms. The van der Waals surface area contributed by atoms with Gasteiger partial charge in [0, 0.05) is 25.3 Å². The topological polar surface area (TPSA) is 41.3 Å². The molecule has 0 aliphatic rings. The van der Waals surface area contributed by atoms with Gasteiger partial charge in [0.25, 0.3) is 0 Å². The lowest BCUT2D eigenvalue weighted by Gasteiger charge is -2.26. The highest BCUT2D eigenvalue weighted by atomic mass is 15.1. The summed E-state index contributed by atoms with van der Waals surface area (Å²) in [5, 5.41) is 3.47. The van der Waals surface area contributed by atoms with Crippen LogP contribution in [0.3, 0.4) is 0 Å². The van der Waals surface area contributed by atoms with Crippen LogP contribution in [0.1, 0.15) is 53.4 Å². The smallest absolute Gasteiger partial charge is 0.0594 e. The molecule has 0 fully saturated rings. The zero-order valence-electron chi connectivity index (χ0n) is 14.3. The van der Waals surface area contributed by atoms with Crippen molar-refractivity contribution in [3.8, 4) is 0 Å². The normalized spacial score (nSPS) is 10.9. The van der Waals surface area contributed by atoms with Crippen molar-refractivity contribution >= 4 is 17.1 Å². The van der Waals surface area contributed by atoms with Crippen molar-refractivity contribution in [2.45, 2.75) is 53.4 Å². The molecular weight excluding hydrogens is 258 g/mol. The Labute approximate surface area is 130 Å². The second-order valence-electron chi connectivity index (χ2n) is 6.24. The maximum atomic E-state index is 6.10. The van der Waals surface area contributed by atoms with Crippen LogP contribution < -0.4 is 16.0 Å². The summed E-state index contributed by atoms with van der Waals surface area (Å²) in [6.07, 6.45) is 4.94. The first-order chi connectivity index (χ1) is 10.1. The van der Waals surface area contributed by atoms with Crippen LogP contribution in [0.15, 0.2) is 18.2 Å². The molecule has 3 N–H and O–H groups in total. The van der Waals surface area contributed by atoms with Gasteiger partial charge >= 0.3 is 0 Å². The molecule has 0 radical (unpaired) electrons. The van der Waals surface area contributed by atoms with E-state index in [2.05, 4.69) is 50.0 Å². The Balaban J connectivity index is 2.83. The van der Waals surface area contributed by atoms with Crippen LogP contribution in [0.4, 0.5) is 17.1 Å². The third kappa shape index (κ3) is 6.28. The molecule has 21 heavy (non-hydrogen) atoms. The third-order valence-electron chi connectivity index (χ3n) is 3.67. The lowest BCUT2D eigenvalue weighted by Crippen LogP contribution is -2.25. The molecular formula is C18H33N3. The lowest BCUT2D eigenvalue weighted by molar-refractivity contribution is 0.677. The van der Waals surface area contributed by atoms with Crippen LogP contribution >= 0.6 is 0 Å². The Morgan fingerprint density at radius 1 is 1.10 bits per heavy atom. The summed E-state index contributed by atoms with van der Waals surface area (Å²) in [6.45, 7) is 12.1. The zero-order valence-corrected chi connectivity index (χ0v) is 14.3. The van der Waals surface area contributed by atoms with Gasteiger partial charge in [0.1, 0.15) is 0 Å². The van der Waals surface area contributed by atoms with Gasteiger partial charge in [-0.15, -0.1) is 0 Å². The van der Waals surface area contributed by atoms with Crippen LogP contribution in [-0.2, 0) is 0 Å². The minimum atomic E-state index is 0.615. The first-order valence-corrected chi connectivity index (χ1v) is 8.46. The molecule has 0 bridgehead atoms. The number of nitrogen functional groups attached to an aromatic ring is 1. The van der Waals surface area contributed by atoms with Crippen molar-refractivity contribution < 1.29 is 0 Å². The lowest BCUT2D eigenvalue weighted by atomic mass is 10.1. The fraction of sp³-hybridized carbons (Fsp3) is 0.667. The Bertz CT molecular complexity index is 393. The standard InChI is InChI=1S/C18H33N3/c1-5-7-11-21(12-8-6-2)16-9-10-17(19)18(13-16)20-14-15(3)4/h9-10,13,15,20H,5-8,11-12,14,19H2,1-4H3. The summed E-state index contributed by atoms with van der Waals surface area (Å²) in [4.78, 5) is 2.49. The molecule has 0 unspecified atom stereocenters. The van der Waals surface area contributed by atoms with Gasteiger partial charge < -0.3 is 16.0 Å². The Kier molecular flexibility index (Phi) is 8.03. The van der Waals surface area contributed by atoms with Gasteiger partial charge in [-0.05, 0) is 37.0 Å². The molecule has 3 heteroatoms. The number of benzene rings is 1. The van der Waals surface area contributed by atoms with E-state index in [1.807, 2.05) is 6.07 Å². The van der Waals surface area contributed by atoms with Gasteiger partial charge in [0.2, 0.25) is 0 Å². The third-order valence-corrected chi connectivity index (χ3v) is 3.67. The molecule has 0 saturated carbocycles. The summed E-state index contributed by atoms with van der Waals surface area (Å²) < 4.78 is 0. The number of nitrogens with two attached hydrogens (primary N) is 1. The van der Waals surface area contributed by atoms with E-state index in [1.54, 1.807) is 0 Å². The van der Waals surface area contributed by atoms with Crippen molar-refractivity contribution in [2.24, 2.45) is 5.92 Å². The molecule has 0 aliphatic heterocycles. The van der Waals surface area contributed by atoms with E-state index >= 15 is 0 Å². The number of anilines is 3. The van der Waals surface area contributed by atoms with Gasteiger partial charge in [-0.3, -0.25) is 0 Å². The molecule has 120 valence electrons. The van der Waals surface area contributed by atoms with E-state index in [9.17, 15) is 0 Å². The van der Waals surface area contributed by atoms with Gasteiger partial charge in [-0.1, -0.05) is 40.5 Å². The minimum Gasteiger partial charge on any atom is -0.397 e. The fourth-order valence-electron chi connectivity index (χ4n) is 2.28. The highest BCUT2D eigenvalue weighted by Gasteiger charge is 2.08. The van der Waals surface area contributed by atoms with Crippen molar-refractivity contribution in [2.75, 3.05) is 35.6 Å². The van der Waals surface area contributed by atoms with Gasteiger partial charge in [-0.25, -0.2) is 0 Å². The number of hydrogen-bond acceptors (Lipinski definition) is 3. The SMILES string of the molecule is CCCCN(CCCC)c1ccc(N)c(NCC(C)C)c1. The average Bonchev–Trinajstić information content (AvgIpc) is 2.47. The average molecular weight is 291 g/mol. The van der Waals surface area contributed by atoms with Gasteiger partial charge in [0.15, 0.2) is 0 Å². The maximum absolute atomic E-state index is 6.10. The van der Waals surface area contributed by atoms with Crippen LogP contribution in [0.25, 0.3) is 0 Å². The first-order valence-electron chi connectivity index (χ1n) is 8.46. The van der Waals surface area contributed by atoms with Crippen molar-refractivity contribution in [3.63, 3.8) is 0 Å². The molecule has 0 aromatic heterocycles. The number of nitrogens with zero attached hydrogens (tertiary/aromatic N) is 1. The largest absolute Gasteiger partial charge is 0.397 e. The molecule has 0 amide bonds. The second-order valence-corrected chi connectivity index (χ2v) is 6.24. The van der Waals surface area contributed by atoms with Crippen molar-refractivity contribution in [1.82, 2.24) is 0 Å². The van der Waals surface area contributed by atoms with Crippen molar-refractivity contribution in [1.29, 1.82) is 0 Å². The minimum absolute atomic E-state index is 0.615. The summed E-state index contributed by atoms with van der Waals surface area (Å²) in [6, 6.07) is 6.40. The second kappa shape index (κ2) is 9.54. The predicted octanol–water partition coefficient (Wildman–Crippen LogP) is 4.74. The number of hydrogen-bond donors (Lipinski definition) is 2. The summed E-state index contributed by atoms with van der Waals surface area (Å²) >= 11 is 0. The van der Waals surface area contributed by atoms with E-state index in [-0.39, 0.29) is 0 Å². The van der Waals surface area contributed by atoms with E-state index in [0.29, 0.717) is 5.92 Å². The molecule has 0 saturated heterocycles. The highest BCUT2D eigenvalue weighted by Crippen LogP contribution is 2.26. The van der Waals surface area contributed by atoms with Crippen LogP contribution in [0.2, 0.25) is 0 Å². The van der Waals surface area contributed by atoms with Gasteiger partial charge in [0.05, 0.1) is 11.4 Å². The van der Waals surface area contributed by atoms with Crippen LogP contribution in [-0.4, -0.2) is 19.6 Å². The van der Waals surface area contributed by atoms with Crippen LogP contribution in [0.5, 0.6) is 0 Å². The monoisotopic (exact) mass is 291 g/mol. The van der Waals surface area contributed by atoms with E-state index < -0.39 is 0 Å².